The third-order valence-corrected chi connectivity index (χ3v) is 1.46. The van der Waals surface area contributed by atoms with Gasteiger partial charge in [-0.1, -0.05) is 13.3 Å². The maximum absolute atomic E-state index is 8.86. The maximum atomic E-state index is 8.86. The van der Waals surface area contributed by atoms with Gasteiger partial charge in [0.25, 0.3) is 0 Å². The van der Waals surface area contributed by atoms with Crippen molar-refractivity contribution in [3.63, 3.8) is 0 Å². The van der Waals surface area contributed by atoms with Gasteiger partial charge in [0.05, 0.1) is 6.10 Å². The van der Waals surface area contributed by atoms with Crippen LogP contribution in [0.1, 0.15) is 19.8 Å². The highest BCUT2D eigenvalue weighted by molar-refractivity contribution is 6.44. The highest BCUT2D eigenvalue weighted by Crippen LogP contribution is 2.11. The van der Waals surface area contributed by atoms with E-state index in [1.165, 1.54) is 0 Å². The van der Waals surface area contributed by atoms with Gasteiger partial charge in [-0.15, -0.1) is 23.2 Å². The third kappa shape index (κ3) is 3.53. The first kappa shape index (κ1) is 8.54. The molecule has 0 aliphatic rings. The highest BCUT2D eigenvalue weighted by Gasteiger charge is 2.10. The van der Waals surface area contributed by atoms with Crippen LogP contribution in [-0.4, -0.2) is 16.0 Å². The number of rotatable bonds is 3. The van der Waals surface area contributed by atoms with Crippen LogP contribution in [-0.2, 0) is 0 Å². The first-order chi connectivity index (χ1) is 3.68. The Bertz CT molecular complexity index is 56.4. The van der Waals surface area contributed by atoms with Crippen molar-refractivity contribution in [2.45, 2.75) is 30.7 Å². The van der Waals surface area contributed by atoms with Gasteiger partial charge < -0.3 is 5.11 Å². The van der Waals surface area contributed by atoms with Crippen LogP contribution in [0.15, 0.2) is 0 Å². The van der Waals surface area contributed by atoms with E-state index in [1.807, 2.05) is 6.92 Å². The van der Waals surface area contributed by atoms with E-state index in [0.29, 0.717) is 6.42 Å². The van der Waals surface area contributed by atoms with E-state index in [9.17, 15) is 0 Å². The summed E-state index contributed by atoms with van der Waals surface area (Å²) in [6, 6.07) is 0. The van der Waals surface area contributed by atoms with E-state index >= 15 is 0 Å². The molecule has 0 fully saturated rings. The number of halogens is 2. The summed E-state index contributed by atoms with van der Waals surface area (Å²) in [6.07, 6.45) is 1.04. The maximum Gasteiger partial charge on any atom is 0.133 e. The molecule has 1 nitrogen and oxygen atoms in total. The van der Waals surface area contributed by atoms with Crippen LogP contribution < -0.4 is 0 Å². The molecule has 0 aliphatic heterocycles. The van der Waals surface area contributed by atoms with Crippen molar-refractivity contribution in [2.75, 3.05) is 0 Å². The summed E-state index contributed by atoms with van der Waals surface area (Å²) < 4.78 is 0. The van der Waals surface area contributed by atoms with Crippen LogP contribution in [0.5, 0.6) is 0 Å². The Morgan fingerprint density at radius 3 is 2.12 bits per heavy atom. The van der Waals surface area contributed by atoms with Crippen LogP contribution in [0.3, 0.4) is 0 Å². The standard InChI is InChI=1S/C5H10Cl2O/c1-2-3-4(8)5(6)7/h4-5,8H,2-3H2,1H3. The lowest BCUT2D eigenvalue weighted by molar-refractivity contribution is 0.177. The predicted molar refractivity (Wildman–Crippen MR) is 36.4 cm³/mol. The van der Waals surface area contributed by atoms with E-state index in [0.717, 1.165) is 6.42 Å². The molecule has 0 heterocycles. The molecule has 0 aromatic rings. The van der Waals surface area contributed by atoms with Crippen molar-refractivity contribution in [1.82, 2.24) is 0 Å². The van der Waals surface area contributed by atoms with E-state index in [4.69, 9.17) is 28.3 Å². The molecule has 50 valence electrons. The van der Waals surface area contributed by atoms with Crippen LogP contribution in [0.25, 0.3) is 0 Å². The zero-order valence-corrected chi connectivity index (χ0v) is 6.28. The molecule has 0 saturated heterocycles. The van der Waals surface area contributed by atoms with Crippen LogP contribution in [0.2, 0.25) is 0 Å². The Labute approximate surface area is 59.6 Å². The molecule has 0 radical (unpaired) electrons. The molecule has 1 N–H and O–H groups in total. The number of aliphatic hydroxyl groups is 1. The highest BCUT2D eigenvalue weighted by atomic mass is 35.5. The smallest absolute Gasteiger partial charge is 0.133 e. The van der Waals surface area contributed by atoms with Crippen molar-refractivity contribution in [3.05, 3.63) is 0 Å². The topological polar surface area (TPSA) is 20.2 Å². The van der Waals surface area contributed by atoms with Crippen molar-refractivity contribution >= 4 is 23.2 Å². The fraction of sp³-hybridized carbons (Fsp3) is 1.00. The Hall–Kier alpha value is 0.540. The van der Waals surface area contributed by atoms with Gasteiger partial charge in [-0.2, -0.15) is 0 Å². The Balaban J connectivity index is 3.17. The monoisotopic (exact) mass is 156 g/mol. The lowest BCUT2D eigenvalue weighted by atomic mass is 10.2. The quantitative estimate of drug-likeness (QED) is 0.620. The summed E-state index contributed by atoms with van der Waals surface area (Å²) >= 11 is 10.6. The Morgan fingerprint density at radius 2 is 2.00 bits per heavy atom. The van der Waals surface area contributed by atoms with E-state index in [1.54, 1.807) is 0 Å². The lowest BCUT2D eigenvalue weighted by Gasteiger charge is -2.07. The minimum Gasteiger partial charge on any atom is -0.390 e. The second-order valence-electron chi connectivity index (χ2n) is 1.69. The van der Waals surface area contributed by atoms with Crippen molar-refractivity contribution in [3.8, 4) is 0 Å². The van der Waals surface area contributed by atoms with Gasteiger partial charge in [0.2, 0.25) is 0 Å². The number of aliphatic hydroxyl groups excluding tert-OH is 1. The summed E-state index contributed by atoms with van der Waals surface area (Å²) in [4.78, 5) is -0.630. The second-order valence-corrected chi connectivity index (χ2v) is 2.85. The third-order valence-electron chi connectivity index (χ3n) is 0.875. The molecule has 0 bridgehead atoms. The molecule has 1 atom stereocenters. The van der Waals surface area contributed by atoms with Gasteiger partial charge >= 0.3 is 0 Å². The molecule has 0 amide bonds. The molecule has 0 aromatic carbocycles. The van der Waals surface area contributed by atoms with Crippen molar-refractivity contribution in [2.24, 2.45) is 0 Å². The Morgan fingerprint density at radius 1 is 1.50 bits per heavy atom. The SMILES string of the molecule is CCCC(O)C(Cl)Cl. The fourth-order valence-corrected chi connectivity index (χ4v) is 0.674. The minimum absolute atomic E-state index is 0.552. The molecule has 0 rings (SSSR count). The van der Waals surface area contributed by atoms with E-state index < -0.39 is 10.9 Å². The summed E-state index contributed by atoms with van der Waals surface area (Å²) in [5, 5.41) is 8.86. The van der Waals surface area contributed by atoms with Gasteiger partial charge in [0, 0.05) is 0 Å². The molecule has 0 aliphatic carbocycles. The van der Waals surface area contributed by atoms with Crippen LogP contribution in [0.4, 0.5) is 0 Å². The molecule has 3 heteroatoms. The van der Waals surface area contributed by atoms with Gasteiger partial charge in [-0.05, 0) is 6.42 Å². The number of hydrogen-bond acceptors (Lipinski definition) is 1. The second kappa shape index (κ2) is 4.42. The summed E-state index contributed by atoms with van der Waals surface area (Å²) in [5.41, 5.74) is 0. The molecular formula is C5H10Cl2O. The van der Waals surface area contributed by atoms with Gasteiger partial charge in [-0.25, -0.2) is 0 Å². The first-order valence-corrected chi connectivity index (χ1v) is 3.52. The van der Waals surface area contributed by atoms with Crippen LogP contribution in [0, 0.1) is 0 Å². The van der Waals surface area contributed by atoms with Gasteiger partial charge in [0.15, 0.2) is 0 Å². The van der Waals surface area contributed by atoms with E-state index in [2.05, 4.69) is 0 Å². The largest absolute Gasteiger partial charge is 0.390 e. The summed E-state index contributed by atoms with van der Waals surface area (Å²) in [6.45, 7) is 1.97. The number of hydrogen-bond donors (Lipinski definition) is 1. The zero-order valence-electron chi connectivity index (χ0n) is 4.77. The lowest BCUT2D eigenvalue weighted by Crippen LogP contribution is -2.14. The zero-order chi connectivity index (χ0) is 6.57. The average Bonchev–Trinajstić information content (AvgIpc) is 1.67. The molecular weight excluding hydrogens is 147 g/mol. The minimum atomic E-state index is -0.630. The first-order valence-electron chi connectivity index (χ1n) is 2.64. The number of alkyl halides is 2. The van der Waals surface area contributed by atoms with Gasteiger partial charge in [0.1, 0.15) is 4.84 Å². The molecule has 0 aromatic heterocycles. The average molecular weight is 157 g/mol. The summed E-state index contributed by atoms with van der Waals surface area (Å²) in [7, 11) is 0. The normalized spacial score (nSPS) is 14.6. The molecule has 1 unspecified atom stereocenters. The van der Waals surface area contributed by atoms with Crippen LogP contribution >= 0.6 is 23.2 Å². The van der Waals surface area contributed by atoms with Crippen molar-refractivity contribution in [1.29, 1.82) is 0 Å². The molecule has 0 spiro atoms. The molecule has 8 heavy (non-hydrogen) atoms. The fourth-order valence-electron chi connectivity index (χ4n) is 0.422. The summed E-state index contributed by atoms with van der Waals surface area (Å²) in [5.74, 6) is 0. The van der Waals surface area contributed by atoms with Gasteiger partial charge in [-0.3, -0.25) is 0 Å². The predicted octanol–water partition coefficient (Wildman–Crippen LogP) is 1.95. The molecule has 0 saturated carbocycles. The Kier molecular flexibility index (Phi) is 4.72. The van der Waals surface area contributed by atoms with Crippen molar-refractivity contribution < 1.29 is 5.11 Å². The van der Waals surface area contributed by atoms with E-state index in [-0.39, 0.29) is 0 Å².